The maximum Gasteiger partial charge on any atom is 0.276 e. The van der Waals surface area contributed by atoms with Gasteiger partial charge in [-0.3, -0.25) is 14.6 Å². The van der Waals surface area contributed by atoms with Crippen molar-refractivity contribution in [2.24, 2.45) is 0 Å². The van der Waals surface area contributed by atoms with E-state index >= 15 is 0 Å². The zero-order valence-corrected chi connectivity index (χ0v) is 16.2. The fraction of sp³-hybridized carbons (Fsp3) is 0.524. The number of amides is 1. The molecule has 2 aliphatic rings. The van der Waals surface area contributed by atoms with E-state index in [0.717, 1.165) is 45.6 Å². The van der Waals surface area contributed by atoms with E-state index in [-0.39, 0.29) is 18.6 Å². The Balaban J connectivity index is 1.27. The number of hydrogen-bond acceptors (Lipinski definition) is 6. The predicted molar refractivity (Wildman–Crippen MR) is 105 cm³/mol. The van der Waals surface area contributed by atoms with Gasteiger partial charge in [-0.15, -0.1) is 0 Å². The largest absolute Gasteiger partial charge is 0.447 e. The molecule has 1 N–H and O–H groups in total. The average molecular weight is 384 g/mol. The van der Waals surface area contributed by atoms with E-state index in [2.05, 4.69) is 39.0 Å². The fourth-order valence-corrected chi connectivity index (χ4v) is 4.06. The van der Waals surface area contributed by atoms with Gasteiger partial charge >= 0.3 is 0 Å². The average Bonchev–Trinajstić information content (AvgIpc) is 3.39. The zero-order chi connectivity index (χ0) is 19.3. The zero-order valence-electron chi connectivity index (χ0n) is 16.2. The molecular formula is C21H28N4O3. The van der Waals surface area contributed by atoms with Gasteiger partial charge in [0.25, 0.3) is 5.91 Å². The Morgan fingerprint density at radius 1 is 1.07 bits per heavy atom. The summed E-state index contributed by atoms with van der Waals surface area (Å²) in [5, 5.41) is 9.42. The predicted octanol–water partition coefficient (Wildman–Crippen LogP) is 1.59. The summed E-state index contributed by atoms with van der Waals surface area (Å²) < 4.78 is 5.56. The number of oxazole rings is 1. The van der Waals surface area contributed by atoms with Gasteiger partial charge in [-0.2, -0.15) is 0 Å². The van der Waals surface area contributed by atoms with Crippen LogP contribution in [-0.2, 0) is 13.1 Å². The molecule has 7 heteroatoms. The summed E-state index contributed by atoms with van der Waals surface area (Å²) in [6, 6.07) is 10.4. The normalized spacial score (nSPS) is 21.3. The SMILES string of the molecule is O=C(c1coc(CN2CCN(Cc3ccccc3)CC2)n1)N1CCC[C@H]1CO. The minimum atomic E-state index is -0.140. The molecule has 1 amide bonds. The van der Waals surface area contributed by atoms with Gasteiger partial charge in [-0.1, -0.05) is 30.3 Å². The van der Waals surface area contributed by atoms with Crippen LogP contribution in [0.15, 0.2) is 41.0 Å². The Hall–Kier alpha value is -2.22. The standard InChI is InChI=1S/C21H28N4O3/c26-15-18-7-4-8-25(18)21(27)19-16-28-20(22-19)14-24-11-9-23(10-12-24)13-17-5-2-1-3-6-17/h1-3,5-6,16,18,26H,4,7-15H2/t18-/m0/s1. The number of aliphatic hydroxyl groups excluding tert-OH is 1. The maximum atomic E-state index is 12.6. The van der Waals surface area contributed by atoms with E-state index in [0.29, 0.717) is 24.7 Å². The Kier molecular flexibility index (Phi) is 6.04. The number of benzene rings is 1. The lowest BCUT2D eigenvalue weighted by Gasteiger charge is -2.34. The monoisotopic (exact) mass is 384 g/mol. The van der Waals surface area contributed by atoms with E-state index in [1.54, 1.807) is 4.90 Å². The summed E-state index contributed by atoms with van der Waals surface area (Å²) >= 11 is 0. The number of aliphatic hydroxyl groups is 1. The minimum absolute atomic E-state index is 0.00368. The van der Waals surface area contributed by atoms with Gasteiger partial charge in [0.1, 0.15) is 6.26 Å². The third-order valence-electron chi connectivity index (χ3n) is 5.69. The molecule has 0 radical (unpaired) electrons. The van der Waals surface area contributed by atoms with Crippen molar-refractivity contribution < 1.29 is 14.3 Å². The van der Waals surface area contributed by atoms with Crippen molar-refractivity contribution in [3.8, 4) is 0 Å². The van der Waals surface area contributed by atoms with Crippen LogP contribution < -0.4 is 0 Å². The molecule has 2 aromatic rings. The van der Waals surface area contributed by atoms with Crippen molar-refractivity contribution >= 4 is 5.91 Å². The molecule has 1 atom stereocenters. The number of likely N-dealkylation sites (tertiary alicyclic amines) is 1. The second kappa shape index (κ2) is 8.86. The van der Waals surface area contributed by atoms with Gasteiger partial charge in [0.05, 0.1) is 19.2 Å². The molecule has 0 aliphatic carbocycles. The smallest absolute Gasteiger partial charge is 0.276 e. The molecule has 0 spiro atoms. The van der Waals surface area contributed by atoms with Crippen molar-refractivity contribution in [1.29, 1.82) is 0 Å². The van der Waals surface area contributed by atoms with Gasteiger partial charge in [0, 0.05) is 39.3 Å². The first-order valence-corrected chi connectivity index (χ1v) is 10.1. The van der Waals surface area contributed by atoms with Crippen LogP contribution in [0.2, 0.25) is 0 Å². The molecule has 0 saturated carbocycles. The maximum absolute atomic E-state index is 12.6. The lowest BCUT2D eigenvalue weighted by molar-refractivity contribution is 0.0671. The van der Waals surface area contributed by atoms with Crippen LogP contribution in [0.5, 0.6) is 0 Å². The Morgan fingerprint density at radius 2 is 1.79 bits per heavy atom. The summed E-state index contributed by atoms with van der Waals surface area (Å²) in [5.74, 6) is 0.443. The molecule has 3 heterocycles. The van der Waals surface area contributed by atoms with E-state index in [9.17, 15) is 9.90 Å². The molecule has 1 aromatic heterocycles. The highest BCUT2D eigenvalue weighted by atomic mass is 16.3. The molecule has 28 heavy (non-hydrogen) atoms. The molecule has 2 fully saturated rings. The van der Waals surface area contributed by atoms with Crippen LogP contribution in [0.25, 0.3) is 0 Å². The lowest BCUT2D eigenvalue weighted by atomic mass is 10.2. The molecular weight excluding hydrogens is 356 g/mol. The van der Waals surface area contributed by atoms with Crippen LogP contribution >= 0.6 is 0 Å². The van der Waals surface area contributed by atoms with Crippen LogP contribution in [0.1, 0.15) is 34.8 Å². The molecule has 2 saturated heterocycles. The molecule has 4 rings (SSSR count). The van der Waals surface area contributed by atoms with E-state index in [1.807, 2.05) is 6.07 Å². The minimum Gasteiger partial charge on any atom is -0.447 e. The summed E-state index contributed by atoms with van der Waals surface area (Å²) in [4.78, 5) is 23.5. The number of piperazine rings is 1. The Labute approximate surface area is 165 Å². The third kappa shape index (κ3) is 4.43. The number of carbonyl (C=O) groups is 1. The quantitative estimate of drug-likeness (QED) is 0.815. The van der Waals surface area contributed by atoms with Gasteiger partial charge in [0.2, 0.25) is 5.89 Å². The summed E-state index contributed by atoms with van der Waals surface area (Å²) in [5.41, 5.74) is 1.69. The van der Waals surface area contributed by atoms with Crippen LogP contribution in [0.3, 0.4) is 0 Å². The second-order valence-electron chi connectivity index (χ2n) is 7.64. The molecule has 1 aromatic carbocycles. The van der Waals surface area contributed by atoms with Crippen molar-refractivity contribution in [1.82, 2.24) is 19.7 Å². The third-order valence-corrected chi connectivity index (χ3v) is 5.69. The molecule has 7 nitrogen and oxygen atoms in total. The van der Waals surface area contributed by atoms with Crippen molar-refractivity contribution in [3.63, 3.8) is 0 Å². The number of carbonyl (C=O) groups excluding carboxylic acids is 1. The van der Waals surface area contributed by atoms with Crippen molar-refractivity contribution in [2.75, 3.05) is 39.3 Å². The molecule has 2 aliphatic heterocycles. The van der Waals surface area contributed by atoms with E-state index < -0.39 is 0 Å². The van der Waals surface area contributed by atoms with Crippen LogP contribution in [-0.4, -0.2) is 76.1 Å². The van der Waals surface area contributed by atoms with Crippen molar-refractivity contribution in [2.45, 2.75) is 32.0 Å². The Bertz CT molecular complexity index is 771. The van der Waals surface area contributed by atoms with Crippen LogP contribution in [0, 0.1) is 0 Å². The number of hydrogen-bond donors (Lipinski definition) is 1. The first kappa shape index (κ1) is 19.1. The number of nitrogens with zero attached hydrogens (tertiary/aromatic N) is 4. The van der Waals surface area contributed by atoms with Gasteiger partial charge in [0.15, 0.2) is 5.69 Å². The highest BCUT2D eigenvalue weighted by Crippen LogP contribution is 2.20. The topological polar surface area (TPSA) is 73.1 Å². The number of rotatable bonds is 6. The highest BCUT2D eigenvalue weighted by molar-refractivity contribution is 5.92. The number of aromatic nitrogens is 1. The first-order valence-electron chi connectivity index (χ1n) is 10.1. The summed E-state index contributed by atoms with van der Waals surface area (Å²) in [7, 11) is 0. The summed E-state index contributed by atoms with van der Waals surface area (Å²) in [6.07, 6.45) is 3.23. The molecule has 0 bridgehead atoms. The van der Waals surface area contributed by atoms with Gasteiger partial charge in [-0.25, -0.2) is 4.98 Å². The van der Waals surface area contributed by atoms with Gasteiger partial charge in [-0.05, 0) is 18.4 Å². The lowest BCUT2D eigenvalue weighted by Crippen LogP contribution is -2.45. The molecule has 150 valence electrons. The van der Waals surface area contributed by atoms with Crippen LogP contribution in [0.4, 0.5) is 0 Å². The van der Waals surface area contributed by atoms with Crippen molar-refractivity contribution in [3.05, 3.63) is 53.7 Å². The van der Waals surface area contributed by atoms with E-state index in [4.69, 9.17) is 4.42 Å². The second-order valence-corrected chi connectivity index (χ2v) is 7.64. The highest BCUT2D eigenvalue weighted by Gasteiger charge is 2.30. The first-order chi connectivity index (χ1) is 13.7. The van der Waals surface area contributed by atoms with Gasteiger partial charge < -0.3 is 14.4 Å². The van der Waals surface area contributed by atoms with E-state index in [1.165, 1.54) is 11.8 Å². The molecule has 0 unspecified atom stereocenters. The Morgan fingerprint density at radius 3 is 2.50 bits per heavy atom. The summed E-state index contributed by atoms with van der Waals surface area (Å²) in [6.45, 7) is 6.21. The fourth-order valence-electron chi connectivity index (χ4n) is 4.06.